The van der Waals surface area contributed by atoms with Crippen LogP contribution in [0.1, 0.15) is 33.3 Å². The standard InChI is InChI=1S/C12H13ClO.C2H6/c1-9(2)12(14)8-5-10-3-6-11(13)7-4-10;1-2/h3-9H,1-2H3;1-2H3/b8-5+;. The molecular formula is C14H19ClO. The van der Waals surface area contributed by atoms with Crippen LogP contribution >= 0.6 is 11.6 Å². The van der Waals surface area contributed by atoms with Crippen LogP contribution in [0.25, 0.3) is 6.08 Å². The maximum Gasteiger partial charge on any atom is 0.158 e. The van der Waals surface area contributed by atoms with Crippen molar-refractivity contribution in [3.8, 4) is 0 Å². The lowest BCUT2D eigenvalue weighted by atomic mass is 10.1. The molecule has 0 unspecified atom stereocenters. The Bertz CT molecular complexity index is 336. The minimum Gasteiger partial charge on any atom is -0.295 e. The number of halogens is 1. The van der Waals surface area contributed by atoms with Crippen LogP contribution in [0.5, 0.6) is 0 Å². The van der Waals surface area contributed by atoms with Crippen LogP contribution in [0.2, 0.25) is 5.02 Å². The summed E-state index contributed by atoms with van der Waals surface area (Å²) < 4.78 is 0. The van der Waals surface area contributed by atoms with Gasteiger partial charge in [-0.2, -0.15) is 0 Å². The Morgan fingerprint density at radius 2 is 1.69 bits per heavy atom. The molecule has 88 valence electrons. The van der Waals surface area contributed by atoms with Gasteiger partial charge in [-0.15, -0.1) is 0 Å². The number of ketones is 1. The highest BCUT2D eigenvalue weighted by molar-refractivity contribution is 6.30. The monoisotopic (exact) mass is 238 g/mol. The van der Waals surface area contributed by atoms with Crippen molar-refractivity contribution in [2.75, 3.05) is 0 Å². The van der Waals surface area contributed by atoms with Gasteiger partial charge in [-0.3, -0.25) is 4.79 Å². The molecule has 0 aliphatic carbocycles. The molecule has 16 heavy (non-hydrogen) atoms. The van der Waals surface area contributed by atoms with Gasteiger partial charge in [-0.1, -0.05) is 57.5 Å². The molecule has 0 heterocycles. The van der Waals surface area contributed by atoms with E-state index >= 15 is 0 Å². The van der Waals surface area contributed by atoms with Crippen LogP contribution in [0, 0.1) is 5.92 Å². The van der Waals surface area contributed by atoms with Gasteiger partial charge in [-0.25, -0.2) is 0 Å². The molecule has 0 fully saturated rings. The van der Waals surface area contributed by atoms with Crippen molar-refractivity contribution in [2.24, 2.45) is 5.92 Å². The van der Waals surface area contributed by atoms with Crippen molar-refractivity contribution in [2.45, 2.75) is 27.7 Å². The van der Waals surface area contributed by atoms with E-state index < -0.39 is 0 Å². The molecule has 0 spiro atoms. The molecule has 0 saturated heterocycles. The molecule has 1 aromatic rings. The van der Waals surface area contributed by atoms with Gasteiger partial charge in [0.05, 0.1) is 0 Å². The number of carbonyl (C=O) groups is 1. The van der Waals surface area contributed by atoms with E-state index in [0.717, 1.165) is 5.56 Å². The second-order valence-electron chi connectivity index (χ2n) is 3.44. The zero-order valence-electron chi connectivity index (χ0n) is 10.3. The van der Waals surface area contributed by atoms with Crippen LogP contribution in [0.4, 0.5) is 0 Å². The van der Waals surface area contributed by atoms with E-state index in [9.17, 15) is 4.79 Å². The third kappa shape index (κ3) is 5.72. The van der Waals surface area contributed by atoms with Crippen LogP contribution in [-0.2, 0) is 4.79 Å². The maximum absolute atomic E-state index is 11.3. The largest absolute Gasteiger partial charge is 0.295 e. The van der Waals surface area contributed by atoms with Crippen LogP contribution in [0.3, 0.4) is 0 Å². The summed E-state index contributed by atoms with van der Waals surface area (Å²) in [6, 6.07) is 7.38. The maximum atomic E-state index is 11.3. The van der Waals surface area contributed by atoms with Crippen molar-refractivity contribution in [1.29, 1.82) is 0 Å². The summed E-state index contributed by atoms with van der Waals surface area (Å²) in [5.41, 5.74) is 0.989. The highest BCUT2D eigenvalue weighted by Crippen LogP contribution is 2.11. The van der Waals surface area contributed by atoms with E-state index in [-0.39, 0.29) is 11.7 Å². The molecule has 0 radical (unpaired) electrons. The predicted molar refractivity (Wildman–Crippen MR) is 71.7 cm³/mol. The van der Waals surface area contributed by atoms with E-state index in [0.29, 0.717) is 5.02 Å². The molecule has 0 atom stereocenters. The van der Waals surface area contributed by atoms with E-state index in [1.54, 1.807) is 24.3 Å². The first-order valence-corrected chi connectivity index (χ1v) is 5.95. The molecular weight excluding hydrogens is 220 g/mol. The minimum absolute atomic E-state index is 0.0542. The van der Waals surface area contributed by atoms with Gasteiger partial charge in [0.2, 0.25) is 0 Å². The van der Waals surface area contributed by atoms with Gasteiger partial charge in [0.15, 0.2) is 5.78 Å². The van der Waals surface area contributed by atoms with E-state index in [1.807, 2.05) is 39.8 Å². The molecule has 1 aromatic carbocycles. The predicted octanol–water partition coefficient (Wildman–Crippen LogP) is 4.60. The Labute approximate surface area is 103 Å². The first kappa shape index (κ1) is 14.9. The highest BCUT2D eigenvalue weighted by atomic mass is 35.5. The lowest BCUT2D eigenvalue weighted by Gasteiger charge is -1.97. The SMILES string of the molecule is CC.CC(C)C(=O)/C=C/c1ccc(Cl)cc1. The number of rotatable bonds is 3. The molecule has 0 aromatic heterocycles. The number of carbonyl (C=O) groups excluding carboxylic acids is 1. The molecule has 0 aliphatic rings. The Kier molecular flexibility index (Phi) is 7.57. The van der Waals surface area contributed by atoms with Gasteiger partial charge in [-0.05, 0) is 23.8 Å². The van der Waals surface area contributed by atoms with Crippen molar-refractivity contribution in [3.63, 3.8) is 0 Å². The van der Waals surface area contributed by atoms with E-state index in [2.05, 4.69) is 0 Å². The van der Waals surface area contributed by atoms with Gasteiger partial charge in [0.25, 0.3) is 0 Å². The summed E-state index contributed by atoms with van der Waals surface area (Å²) >= 11 is 5.73. The summed E-state index contributed by atoms with van der Waals surface area (Å²) in [5, 5.41) is 0.706. The lowest BCUT2D eigenvalue weighted by molar-refractivity contribution is -0.117. The Morgan fingerprint density at radius 3 is 2.12 bits per heavy atom. The quantitative estimate of drug-likeness (QED) is 0.703. The van der Waals surface area contributed by atoms with E-state index in [4.69, 9.17) is 11.6 Å². The Hall–Kier alpha value is -1.08. The average Bonchev–Trinajstić information content (AvgIpc) is 2.30. The number of allylic oxidation sites excluding steroid dienone is 1. The smallest absolute Gasteiger partial charge is 0.158 e. The summed E-state index contributed by atoms with van der Waals surface area (Å²) in [6.45, 7) is 7.77. The number of hydrogen-bond donors (Lipinski definition) is 0. The van der Waals surface area contributed by atoms with Crippen molar-refractivity contribution < 1.29 is 4.79 Å². The first-order valence-electron chi connectivity index (χ1n) is 5.57. The van der Waals surface area contributed by atoms with Gasteiger partial charge < -0.3 is 0 Å². The second-order valence-corrected chi connectivity index (χ2v) is 3.88. The Morgan fingerprint density at radius 1 is 1.19 bits per heavy atom. The molecule has 0 amide bonds. The first-order chi connectivity index (χ1) is 7.59. The van der Waals surface area contributed by atoms with Crippen LogP contribution in [0.15, 0.2) is 30.3 Å². The molecule has 2 heteroatoms. The molecule has 1 rings (SSSR count). The molecule has 0 bridgehead atoms. The summed E-state index contributed by atoms with van der Waals surface area (Å²) in [6.07, 6.45) is 3.41. The molecule has 0 aliphatic heterocycles. The van der Waals surface area contributed by atoms with Crippen LogP contribution in [-0.4, -0.2) is 5.78 Å². The minimum atomic E-state index is 0.0542. The second kappa shape index (κ2) is 8.12. The van der Waals surface area contributed by atoms with Gasteiger partial charge >= 0.3 is 0 Å². The normalized spacial score (nSPS) is 10.1. The van der Waals surface area contributed by atoms with Gasteiger partial charge in [0, 0.05) is 10.9 Å². The Balaban J connectivity index is 0.00000106. The summed E-state index contributed by atoms with van der Waals surface area (Å²) in [4.78, 5) is 11.3. The van der Waals surface area contributed by atoms with E-state index in [1.165, 1.54) is 0 Å². The molecule has 1 nitrogen and oxygen atoms in total. The fourth-order valence-corrected chi connectivity index (χ4v) is 1.07. The van der Waals surface area contributed by atoms with Crippen molar-refractivity contribution >= 4 is 23.5 Å². The summed E-state index contributed by atoms with van der Waals surface area (Å²) in [7, 11) is 0. The third-order valence-electron chi connectivity index (χ3n) is 1.88. The van der Waals surface area contributed by atoms with Gasteiger partial charge in [0.1, 0.15) is 0 Å². The topological polar surface area (TPSA) is 17.1 Å². The van der Waals surface area contributed by atoms with Crippen molar-refractivity contribution in [3.05, 3.63) is 40.9 Å². The fraction of sp³-hybridized carbons (Fsp3) is 0.357. The average molecular weight is 239 g/mol. The zero-order chi connectivity index (χ0) is 12.6. The number of benzene rings is 1. The lowest BCUT2D eigenvalue weighted by Crippen LogP contribution is -2.01. The van der Waals surface area contributed by atoms with Crippen LogP contribution < -0.4 is 0 Å². The highest BCUT2D eigenvalue weighted by Gasteiger charge is 2.00. The molecule has 0 N–H and O–H groups in total. The third-order valence-corrected chi connectivity index (χ3v) is 2.13. The van der Waals surface area contributed by atoms with Crippen molar-refractivity contribution in [1.82, 2.24) is 0 Å². The summed E-state index contributed by atoms with van der Waals surface area (Å²) in [5.74, 6) is 0.193. The molecule has 0 saturated carbocycles. The number of hydrogen-bond acceptors (Lipinski definition) is 1. The zero-order valence-corrected chi connectivity index (χ0v) is 11.1. The fourth-order valence-electron chi connectivity index (χ4n) is 0.945.